The summed E-state index contributed by atoms with van der Waals surface area (Å²) in [6, 6.07) is 17.0. The van der Waals surface area contributed by atoms with Gasteiger partial charge in [-0.2, -0.15) is 5.26 Å². The average Bonchev–Trinajstić information content (AvgIpc) is 3.54. The first kappa shape index (κ1) is 33.5. The van der Waals surface area contributed by atoms with Crippen LogP contribution in [0.1, 0.15) is 43.1 Å². The number of nitrogens with one attached hydrogen (secondary N) is 2. The highest BCUT2D eigenvalue weighted by molar-refractivity contribution is 6.30. The lowest BCUT2D eigenvalue weighted by molar-refractivity contribution is -0.116. The highest BCUT2D eigenvalue weighted by Gasteiger charge is 2.26. The van der Waals surface area contributed by atoms with Crippen molar-refractivity contribution in [2.45, 2.75) is 32.7 Å². The predicted molar refractivity (Wildman–Crippen MR) is 172 cm³/mol. The molecule has 0 unspecified atom stereocenters. The van der Waals surface area contributed by atoms with Crippen LogP contribution in [0.2, 0.25) is 5.02 Å². The lowest BCUT2D eigenvalue weighted by Gasteiger charge is -2.32. The molecule has 2 aromatic carbocycles. The number of anilines is 2. The molecule has 4 aromatic rings. The van der Waals surface area contributed by atoms with E-state index in [1.54, 1.807) is 69.3 Å². The molecule has 0 aliphatic rings. The topological polar surface area (TPSA) is 167 Å². The third kappa shape index (κ3) is 8.20. The molecule has 0 saturated heterocycles. The Kier molecular flexibility index (Phi) is 10.6. The summed E-state index contributed by atoms with van der Waals surface area (Å²) in [7, 11) is 1.48. The van der Waals surface area contributed by atoms with Crippen LogP contribution in [0, 0.1) is 11.3 Å². The Morgan fingerprint density at radius 1 is 1.09 bits per heavy atom. The molecule has 12 nitrogen and oxygen atoms in total. The van der Waals surface area contributed by atoms with Crippen molar-refractivity contribution in [3.8, 4) is 34.2 Å². The Labute approximate surface area is 270 Å². The number of hydrogen-bond donors (Lipinski definition) is 3. The van der Waals surface area contributed by atoms with Gasteiger partial charge in [0.1, 0.15) is 23.6 Å². The number of ether oxygens (including phenoxy) is 2. The molecule has 0 spiro atoms. The molecule has 0 aliphatic heterocycles. The number of rotatable bonds is 11. The van der Waals surface area contributed by atoms with Crippen LogP contribution in [-0.4, -0.2) is 58.9 Å². The van der Waals surface area contributed by atoms with Gasteiger partial charge in [-0.1, -0.05) is 23.7 Å². The summed E-state index contributed by atoms with van der Waals surface area (Å²) >= 11 is 6.24. The molecule has 2 aromatic heterocycles. The summed E-state index contributed by atoms with van der Waals surface area (Å²) in [5.41, 5.74) is 1.84. The molecule has 0 radical (unpaired) electrons. The van der Waals surface area contributed by atoms with Gasteiger partial charge in [0, 0.05) is 47.5 Å². The Bertz CT molecular complexity index is 1780. The van der Waals surface area contributed by atoms with Crippen LogP contribution in [0.15, 0.2) is 71.5 Å². The number of carbonyl (C=O) groups excluding carboxylic acids is 2. The molecule has 46 heavy (non-hydrogen) atoms. The summed E-state index contributed by atoms with van der Waals surface area (Å²) in [4.78, 5) is 43.3. The van der Waals surface area contributed by atoms with Gasteiger partial charge in [-0.25, -0.2) is 9.78 Å². The van der Waals surface area contributed by atoms with E-state index in [-0.39, 0.29) is 36.7 Å². The number of hydrogen-bond acceptors (Lipinski definition) is 8. The molecule has 0 atom stereocenters. The van der Waals surface area contributed by atoms with Gasteiger partial charge in [-0.3, -0.25) is 9.59 Å². The van der Waals surface area contributed by atoms with E-state index in [1.807, 2.05) is 0 Å². The summed E-state index contributed by atoms with van der Waals surface area (Å²) in [5, 5.41) is 25.7. The number of methoxy groups -OCH3 is 1. The fourth-order valence-electron chi connectivity index (χ4n) is 4.56. The Hall–Kier alpha value is -5.38. The number of aromatic nitrogens is 1. The van der Waals surface area contributed by atoms with Crippen molar-refractivity contribution >= 4 is 41.0 Å². The number of nitriles is 1. The Morgan fingerprint density at radius 2 is 1.87 bits per heavy atom. The lowest BCUT2D eigenvalue weighted by atomic mass is 9.97. The van der Waals surface area contributed by atoms with Gasteiger partial charge in [0.15, 0.2) is 12.6 Å². The number of nitrogens with zero attached hydrogens (tertiary/aromatic N) is 3. The summed E-state index contributed by atoms with van der Waals surface area (Å²) in [5.74, 6) is -0.590. The van der Waals surface area contributed by atoms with Gasteiger partial charge in [0.2, 0.25) is 5.91 Å². The fraction of sp³-hybridized carbons (Fsp3) is 0.242. The molecular formula is C33H32ClN5O7. The number of pyridine rings is 1. The van der Waals surface area contributed by atoms with Gasteiger partial charge in [-0.15, -0.1) is 0 Å². The second-order valence-corrected chi connectivity index (χ2v) is 11.5. The molecule has 4 rings (SSSR count). The maximum absolute atomic E-state index is 13.0. The molecule has 0 bridgehead atoms. The van der Waals surface area contributed by atoms with Gasteiger partial charge in [0.05, 0.1) is 17.5 Å². The van der Waals surface area contributed by atoms with E-state index in [9.17, 15) is 24.8 Å². The van der Waals surface area contributed by atoms with Crippen molar-refractivity contribution in [1.29, 1.82) is 5.26 Å². The molecule has 238 valence electrons. The zero-order valence-corrected chi connectivity index (χ0v) is 26.3. The predicted octanol–water partition coefficient (Wildman–Crippen LogP) is 6.88. The molecule has 0 fully saturated rings. The van der Waals surface area contributed by atoms with E-state index in [4.69, 9.17) is 25.5 Å². The minimum Gasteiger partial charge on any atom is -0.472 e. The summed E-state index contributed by atoms with van der Waals surface area (Å²) < 4.78 is 15.8. The highest BCUT2D eigenvalue weighted by Crippen LogP contribution is 2.38. The minimum atomic E-state index is -1.12. The maximum atomic E-state index is 13.0. The van der Waals surface area contributed by atoms with Gasteiger partial charge < -0.3 is 34.5 Å². The van der Waals surface area contributed by atoms with Crippen molar-refractivity contribution in [1.82, 2.24) is 9.88 Å². The SMILES string of the molecule is COCOc1cc(Cl)ccc1-c1cc(-c2cccc(NC(=O)CCN(C(=O)O)C(C)(C)C)c2)c(C#N)c(NC(=O)c2ccoc2)n1. The first-order valence-electron chi connectivity index (χ1n) is 14.0. The zero-order valence-electron chi connectivity index (χ0n) is 25.6. The molecule has 0 aliphatic carbocycles. The second kappa shape index (κ2) is 14.6. The van der Waals surface area contributed by atoms with E-state index in [2.05, 4.69) is 21.7 Å². The monoisotopic (exact) mass is 645 g/mol. The lowest BCUT2D eigenvalue weighted by Crippen LogP contribution is -2.46. The number of amides is 3. The first-order valence-corrected chi connectivity index (χ1v) is 14.4. The average molecular weight is 646 g/mol. The number of furan rings is 1. The Morgan fingerprint density at radius 3 is 2.52 bits per heavy atom. The summed E-state index contributed by atoms with van der Waals surface area (Å²) in [6.07, 6.45) is 1.43. The van der Waals surface area contributed by atoms with Crippen LogP contribution in [0.25, 0.3) is 22.4 Å². The van der Waals surface area contributed by atoms with Crippen LogP contribution in [0.5, 0.6) is 5.75 Å². The highest BCUT2D eigenvalue weighted by atomic mass is 35.5. The molecule has 0 saturated carbocycles. The quantitative estimate of drug-likeness (QED) is 0.147. The van der Waals surface area contributed by atoms with Crippen molar-refractivity contribution < 1.29 is 33.4 Å². The minimum absolute atomic E-state index is 0.00490. The number of halogens is 1. The smallest absolute Gasteiger partial charge is 0.407 e. The second-order valence-electron chi connectivity index (χ2n) is 11.0. The van der Waals surface area contributed by atoms with Crippen LogP contribution < -0.4 is 15.4 Å². The zero-order chi connectivity index (χ0) is 33.4. The summed E-state index contributed by atoms with van der Waals surface area (Å²) in [6.45, 7) is 5.19. The maximum Gasteiger partial charge on any atom is 0.407 e. The number of carboxylic acid groups (broad SMARTS) is 1. The molecule has 3 N–H and O–H groups in total. The van der Waals surface area contributed by atoms with Crippen molar-refractivity contribution in [3.63, 3.8) is 0 Å². The van der Waals surface area contributed by atoms with Crippen LogP contribution in [-0.2, 0) is 9.53 Å². The number of benzene rings is 2. The third-order valence-electron chi connectivity index (χ3n) is 6.76. The van der Waals surface area contributed by atoms with Crippen LogP contribution >= 0.6 is 11.6 Å². The molecule has 3 amide bonds. The molecule has 13 heteroatoms. The van der Waals surface area contributed by atoms with E-state index in [0.29, 0.717) is 38.8 Å². The number of carbonyl (C=O) groups is 3. The molecular weight excluding hydrogens is 614 g/mol. The van der Waals surface area contributed by atoms with E-state index in [1.165, 1.54) is 30.6 Å². The van der Waals surface area contributed by atoms with Gasteiger partial charge >= 0.3 is 6.09 Å². The van der Waals surface area contributed by atoms with Crippen molar-refractivity contribution in [2.75, 3.05) is 31.1 Å². The van der Waals surface area contributed by atoms with E-state index >= 15 is 0 Å². The van der Waals surface area contributed by atoms with Crippen LogP contribution in [0.3, 0.4) is 0 Å². The normalized spacial score (nSPS) is 11.0. The van der Waals surface area contributed by atoms with E-state index in [0.717, 1.165) is 0 Å². The Balaban J connectivity index is 1.75. The third-order valence-corrected chi connectivity index (χ3v) is 6.99. The van der Waals surface area contributed by atoms with Crippen LogP contribution in [0.4, 0.5) is 16.3 Å². The van der Waals surface area contributed by atoms with Crippen molar-refractivity contribution in [3.05, 3.63) is 83.3 Å². The largest absolute Gasteiger partial charge is 0.472 e. The van der Waals surface area contributed by atoms with Gasteiger partial charge in [-0.05, 0) is 68.8 Å². The van der Waals surface area contributed by atoms with E-state index < -0.39 is 23.4 Å². The van der Waals surface area contributed by atoms with Gasteiger partial charge in [0.25, 0.3) is 5.91 Å². The van der Waals surface area contributed by atoms with Crippen molar-refractivity contribution in [2.24, 2.45) is 0 Å². The first-order chi connectivity index (χ1) is 21.9. The fourth-order valence-corrected chi connectivity index (χ4v) is 4.72. The standard InChI is InChI=1S/C33H32ClN5O7/c1-33(2,3)39(32(42)43)12-10-29(40)36-23-7-5-6-20(14-23)25-16-27(24-9-8-22(34)15-28(24)46-19-44-4)37-30(26(25)17-35)38-31(41)21-11-13-45-18-21/h5-9,11,13-16,18H,10,12,19H2,1-4H3,(H,36,40)(H,42,43)(H,37,38,41). The molecule has 2 heterocycles.